The van der Waals surface area contributed by atoms with Gasteiger partial charge in [0, 0.05) is 11.6 Å². The van der Waals surface area contributed by atoms with Crippen LogP contribution in [-0.2, 0) is 5.88 Å². The Morgan fingerprint density at radius 1 is 1.31 bits per heavy atom. The van der Waals surface area contributed by atoms with Crippen LogP contribution in [0.2, 0.25) is 0 Å². The van der Waals surface area contributed by atoms with E-state index in [1.54, 1.807) is 11.8 Å². The fourth-order valence-corrected chi connectivity index (χ4v) is 1.82. The van der Waals surface area contributed by atoms with Gasteiger partial charge < -0.3 is 4.74 Å². The highest BCUT2D eigenvalue weighted by atomic mass is 35.5. The van der Waals surface area contributed by atoms with E-state index in [1.165, 1.54) is 12.1 Å². The molecule has 0 spiro atoms. The highest BCUT2D eigenvalue weighted by molar-refractivity contribution is 7.99. The molecule has 1 rings (SSSR count). The lowest BCUT2D eigenvalue weighted by Crippen LogP contribution is -2.04. The Kier molecular flexibility index (Phi) is 5.91. The van der Waals surface area contributed by atoms with Crippen molar-refractivity contribution in [1.29, 1.82) is 0 Å². The molecular formula is C11H13ClF2OS. The summed E-state index contributed by atoms with van der Waals surface area (Å²) >= 11 is 7.15. The fraction of sp³-hybridized carbons (Fsp3) is 0.455. The maximum absolute atomic E-state index is 13.4. The minimum absolute atomic E-state index is 0.0831. The van der Waals surface area contributed by atoms with Crippen molar-refractivity contribution in [2.45, 2.75) is 12.8 Å². The van der Waals surface area contributed by atoms with Gasteiger partial charge in [0.2, 0.25) is 0 Å². The number of alkyl halides is 1. The van der Waals surface area contributed by atoms with E-state index in [0.717, 1.165) is 5.75 Å². The van der Waals surface area contributed by atoms with Gasteiger partial charge in [0.25, 0.3) is 0 Å². The van der Waals surface area contributed by atoms with E-state index in [0.29, 0.717) is 17.9 Å². The summed E-state index contributed by atoms with van der Waals surface area (Å²) in [5, 5.41) is 0. The summed E-state index contributed by atoms with van der Waals surface area (Å²) < 4.78 is 31.8. The molecule has 0 aliphatic heterocycles. The van der Waals surface area contributed by atoms with Crippen LogP contribution in [0.1, 0.15) is 12.5 Å². The molecule has 0 aromatic heterocycles. The van der Waals surface area contributed by atoms with Gasteiger partial charge in [-0.05, 0) is 23.4 Å². The average Bonchev–Trinajstić information content (AvgIpc) is 2.26. The van der Waals surface area contributed by atoms with Crippen LogP contribution >= 0.6 is 23.4 Å². The van der Waals surface area contributed by atoms with Crippen LogP contribution in [0.3, 0.4) is 0 Å². The molecule has 0 saturated carbocycles. The normalized spacial score (nSPS) is 10.5. The molecule has 1 aromatic rings. The number of ether oxygens (including phenoxy) is 1. The Bertz CT molecular complexity index is 324. The molecule has 0 fully saturated rings. The third-order valence-corrected chi connectivity index (χ3v) is 3.06. The smallest absolute Gasteiger partial charge is 0.190 e. The maximum atomic E-state index is 13.4. The van der Waals surface area contributed by atoms with Crippen LogP contribution in [-0.4, -0.2) is 18.1 Å². The standard InChI is InChI=1S/C11H13ClF2OS/c1-2-16-4-3-15-11-9(13)5-8(7-12)6-10(11)14/h5-6H,2-4,7H2,1H3. The first-order valence-electron chi connectivity index (χ1n) is 4.93. The molecule has 90 valence electrons. The Morgan fingerprint density at radius 3 is 2.44 bits per heavy atom. The first-order chi connectivity index (χ1) is 7.69. The molecule has 1 nitrogen and oxygen atoms in total. The van der Waals surface area contributed by atoms with Gasteiger partial charge in [0.05, 0.1) is 6.61 Å². The molecule has 0 heterocycles. The van der Waals surface area contributed by atoms with Crippen LogP contribution in [0.5, 0.6) is 5.75 Å². The number of hydrogen-bond donors (Lipinski definition) is 0. The van der Waals surface area contributed by atoms with E-state index in [4.69, 9.17) is 16.3 Å². The molecule has 1 aromatic carbocycles. The zero-order valence-corrected chi connectivity index (χ0v) is 10.5. The van der Waals surface area contributed by atoms with Crippen LogP contribution < -0.4 is 4.74 Å². The van der Waals surface area contributed by atoms with Crippen molar-refractivity contribution < 1.29 is 13.5 Å². The summed E-state index contributed by atoms with van der Waals surface area (Å²) in [4.78, 5) is 0. The molecule has 0 aliphatic rings. The molecule has 0 unspecified atom stereocenters. The summed E-state index contributed by atoms with van der Waals surface area (Å²) in [5.74, 6) is 0.0475. The van der Waals surface area contributed by atoms with Crippen molar-refractivity contribution in [3.8, 4) is 5.75 Å². The van der Waals surface area contributed by atoms with Crippen molar-refractivity contribution in [2.75, 3.05) is 18.1 Å². The lowest BCUT2D eigenvalue weighted by Gasteiger charge is -2.08. The summed E-state index contributed by atoms with van der Waals surface area (Å²) in [5.41, 5.74) is 0.409. The second-order valence-corrected chi connectivity index (χ2v) is 4.73. The maximum Gasteiger partial charge on any atom is 0.190 e. The fourth-order valence-electron chi connectivity index (χ4n) is 1.17. The predicted molar refractivity (Wildman–Crippen MR) is 64.4 cm³/mol. The second-order valence-electron chi connectivity index (χ2n) is 3.07. The molecule has 0 aliphatic carbocycles. The first kappa shape index (κ1) is 13.6. The summed E-state index contributed by atoms with van der Waals surface area (Å²) in [6.07, 6.45) is 0. The molecule has 5 heteroatoms. The third kappa shape index (κ3) is 3.83. The molecule has 0 saturated heterocycles. The topological polar surface area (TPSA) is 9.23 Å². The van der Waals surface area contributed by atoms with E-state index in [2.05, 4.69) is 0 Å². The second kappa shape index (κ2) is 6.97. The van der Waals surface area contributed by atoms with E-state index < -0.39 is 11.6 Å². The number of thioether (sulfide) groups is 1. The van der Waals surface area contributed by atoms with E-state index >= 15 is 0 Å². The molecule has 0 N–H and O–H groups in total. The molecular weight excluding hydrogens is 254 g/mol. The molecule has 16 heavy (non-hydrogen) atoms. The van der Waals surface area contributed by atoms with E-state index in [-0.39, 0.29) is 11.6 Å². The van der Waals surface area contributed by atoms with Gasteiger partial charge in [0.1, 0.15) is 0 Å². The van der Waals surface area contributed by atoms with Crippen molar-refractivity contribution in [1.82, 2.24) is 0 Å². The predicted octanol–water partition coefficient (Wildman–Crippen LogP) is 3.84. The van der Waals surface area contributed by atoms with Gasteiger partial charge in [-0.25, -0.2) is 8.78 Å². The van der Waals surface area contributed by atoms with Crippen LogP contribution in [0.4, 0.5) is 8.78 Å². The minimum Gasteiger partial charge on any atom is -0.487 e. The molecule has 0 bridgehead atoms. The molecule has 0 amide bonds. The monoisotopic (exact) mass is 266 g/mol. The third-order valence-electron chi connectivity index (χ3n) is 1.89. The first-order valence-corrected chi connectivity index (χ1v) is 6.62. The number of hydrogen-bond acceptors (Lipinski definition) is 2. The SMILES string of the molecule is CCSCCOc1c(F)cc(CCl)cc1F. The Balaban J connectivity index is 2.65. The lowest BCUT2D eigenvalue weighted by molar-refractivity contribution is 0.305. The van der Waals surface area contributed by atoms with Crippen molar-refractivity contribution >= 4 is 23.4 Å². The van der Waals surface area contributed by atoms with Gasteiger partial charge in [0.15, 0.2) is 17.4 Å². The highest BCUT2D eigenvalue weighted by Gasteiger charge is 2.12. The summed E-state index contributed by atoms with van der Waals surface area (Å²) in [7, 11) is 0. The van der Waals surface area contributed by atoms with Crippen LogP contribution in [0.25, 0.3) is 0 Å². The van der Waals surface area contributed by atoms with Crippen LogP contribution in [0.15, 0.2) is 12.1 Å². The van der Waals surface area contributed by atoms with E-state index in [9.17, 15) is 8.78 Å². The number of rotatable bonds is 6. The van der Waals surface area contributed by atoms with Crippen molar-refractivity contribution in [2.24, 2.45) is 0 Å². The number of halogens is 3. The van der Waals surface area contributed by atoms with Crippen molar-refractivity contribution in [3.63, 3.8) is 0 Å². The zero-order chi connectivity index (χ0) is 12.0. The molecule has 0 atom stereocenters. The van der Waals surface area contributed by atoms with Gasteiger partial charge >= 0.3 is 0 Å². The average molecular weight is 267 g/mol. The number of benzene rings is 1. The zero-order valence-electron chi connectivity index (χ0n) is 8.93. The summed E-state index contributed by atoms with van der Waals surface area (Å²) in [6, 6.07) is 2.39. The minimum atomic E-state index is -0.697. The Morgan fingerprint density at radius 2 is 1.94 bits per heavy atom. The quantitative estimate of drug-likeness (QED) is 0.572. The lowest BCUT2D eigenvalue weighted by atomic mass is 10.2. The van der Waals surface area contributed by atoms with E-state index in [1.807, 2.05) is 6.92 Å². The van der Waals surface area contributed by atoms with Gasteiger partial charge in [-0.1, -0.05) is 6.92 Å². The van der Waals surface area contributed by atoms with Crippen LogP contribution in [0, 0.1) is 11.6 Å². The Labute approximate surface area is 103 Å². The summed E-state index contributed by atoms with van der Waals surface area (Å²) in [6.45, 7) is 2.31. The molecule has 0 radical (unpaired) electrons. The van der Waals surface area contributed by atoms with Gasteiger partial charge in [-0.3, -0.25) is 0 Å². The largest absolute Gasteiger partial charge is 0.487 e. The Hall–Kier alpha value is -0.480. The van der Waals surface area contributed by atoms with Crippen molar-refractivity contribution in [3.05, 3.63) is 29.3 Å². The highest BCUT2D eigenvalue weighted by Crippen LogP contribution is 2.24. The van der Waals surface area contributed by atoms with Gasteiger partial charge in [-0.15, -0.1) is 11.6 Å². The van der Waals surface area contributed by atoms with Gasteiger partial charge in [-0.2, -0.15) is 11.8 Å².